The summed E-state index contributed by atoms with van der Waals surface area (Å²) in [5.74, 6) is 0. The molecule has 0 N–H and O–H groups in total. The van der Waals surface area contributed by atoms with E-state index in [1.54, 1.807) is 22.5 Å². The zero-order valence-corrected chi connectivity index (χ0v) is 12.8. The Hall–Kier alpha value is -2.16. The third-order valence-electron chi connectivity index (χ3n) is 3.71. The zero-order valence-electron chi connectivity index (χ0n) is 12.0. The van der Waals surface area contributed by atoms with E-state index in [-0.39, 0.29) is 10.9 Å². The summed E-state index contributed by atoms with van der Waals surface area (Å²) in [5, 5.41) is 8.96. The van der Waals surface area contributed by atoms with E-state index in [9.17, 15) is 8.42 Å². The Kier molecular flexibility index (Phi) is 3.97. The van der Waals surface area contributed by atoms with Crippen molar-refractivity contribution in [2.75, 3.05) is 0 Å². The molecule has 1 fully saturated rings. The van der Waals surface area contributed by atoms with Crippen LogP contribution in [0.5, 0.6) is 0 Å². The molecule has 3 rings (SSSR count). The average molecular weight is 312 g/mol. The molecule has 0 aliphatic heterocycles. The van der Waals surface area contributed by atoms with Crippen LogP contribution in [0.1, 0.15) is 24.0 Å². The first kappa shape index (κ1) is 14.8. The summed E-state index contributed by atoms with van der Waals surface area (Å²) in [7, 11) is -3.59. The van der Waals surface area contributed by atoms with Crippen LogP contribution in [0.3, 0.4) is 0 Å². The Labute approximate surface area is 130 Å². The highest BCUT2D eigenvalue weighted by molar-refractivity contribution is 7.89. The van der Waals surface area contributed by atoms with Gasteiger partial charge in [0, 0.05) is 12.6 Å². The first-order valence-corrected chi connectivity index (χ1v) is 8.61. The van der Waals surface area contributed by atoms with Gasteiger partial charge in [0.1, 0.15) is 0 Å². The van der Waals surface area contributed by atoms with Crippen LogP contribution in [0.2, 0.25) is 0 Å². The number of benzene rings is 2. The highest BCUT2D eigenvalue weighted by atomic mass is 32.2. The highest BCUT2D eigenvalue weighted by Gasteiger charge is 2.38. The fraction of sp³-hybridized carbons (Fsp3) is 0.235. The number of rotatable bonds is 5. The van der Waals surface area contributed by atoms with Crippen LogP contribution in [0, 0.1) is 11.3 Å². The van der Waals surface area contributed by atoms with Gasteiger partial charge in [-0.2, -0.15) is 9.57 Å². The molecule has 0 bridgehead atoms. The third kappa shape index (κ3) is 3.03. The number of hydrogen-bond acceptors (Lipinski definition) is 3. The highest BCUT2D eigenvalue weighted by Crippen LogP contribution is 2.33. The lowest BCUT2D eigenvalue weighted by molar-refractivity contribution is 0.398. The van der Waals surface area contributed by atoms with Crippen molar-refractivity contribution < 1.29 is 8.42 Å². The topological polar surface area (TPSA) is 61.2 Å². The second-order valence-corrected chi connectivity index (χ2v) is 7.30. The lowest BCUT2D eigenvalue weighted by Gasteiger charge is -2.22. The van der Waals surface area contributed by atoms with Crippen LogP contribution < -0.4 is 0 Å². The SMILES string of the molecule is N#Cc1cccc(S(=O)(=O)N(Cc2ccccc2)C2CC2)c1. The van der Waals surface area contributed by atoms with Gasteiger partial charge in [-0.1, -0.05) is 36.4 Å². The molecule has 2 aromatic rings. The quantitative estimate of drug-likeness (QED) is 0.853. The largest absolute Gasteiger partial charge is 0.243 e. The summed E-state index contributed by atoms with van der Waals surface area (Å²) in [6.07, 6.45) is 1.79. The number of nitrogens with zero attached hydrogens (tertiary/aromatic N) is 2. The monoisotopic (exact) mass is 312 g/mol. The Balaban J connectivity index is 1.95. The summed E-state index contributed by atoms with van der Waals surface area (Å²) in [5.41, 5.74) is 1.32. The van der Waals surface area contributed by atoms with Crippen LogP contribution in [-0.4, -0.2) is 18.8 Å². The Morgan fingerprint density at radius 1 is 1.09 bits per heavy atom. The normalized spacial score (nSPS) is 14.7. The fourth-order valence-electron chi connectivity index (χ4n) is 2.40. The summed E-state index contributed by atoms with van der Waals surface area (Å²) in [6.45, 7) is 0.366. The molecular weight excluding hydrogens is 296 g/mol. The van der Waals surface area contributed by atoms with E-state index in [0.29, 0.717) is 12.1 Å². The van der Waals surface area contributed by atoms with Gasteiger partial charge in [-0.05, 0) is 36.6 Å². The van der Waals surface area contributed by atoms with Crippen LogP contribution in [-0.2, 0) is 16.6 Å². The van der Waals surface area contributed by atoms with E-state index >= 15 is 0 Å². The predicted molar refractivity (Wildman–Crippen MR) is 83.3 cm³/mol. The number of nitriles is 1. The molecule has 1 aliphatic rings. The van der Waals surface area contributed by atoms with Crippen LogP contribution >= 0.6 is 0 Å². The maximum absolute atomic E-state index is 12.9. The molecule has 0 atom stereocenters. The Morgan fingerprint density at radius 3 is 2.45 bits per heavy atom. The zero-order chi connectivity index (χ0) is 15.6. The molecule has 0 spiro atoms. The van der Waals surface area contributed by atoms with E-state index in [1.165, 1.54) is 6.07 Å². The number of hydrogen-bond donors (Lipinski definition) is 0. The van der Waals surface area contributed by atoms with Crippen LogP contribution in [0.25, 0.3) is 0 Å². The van der Waals surface area contributed by atoms with Gasteiger partial charge in [-0.3, -0.25) is 0 Å². The second kappa shape index (κ2) is 5.91. The molecule has 4 nitrogen and oxygen atoms in total. The summed E-state index contributed by atoms with van der Waals surface area (Å²) in [4.78, 5) is 0.189. The van der Waals surface area contributed by atoms with Crippen molar-refractivity contribution in [3.63, 3.8) is 0 Å². The molecule has 0 amide bonds. The van der Waals surface area contributed by atoms with E-state index in [4.69, 9.17) is 5.26 Å². The lowest BCUT2D eigenvalue weighted by atomic mass is 10.2. The van der Waals surface area contributed by atoms with Crippen molar-refractivity contribution in [1.29, 1.82) is 5.26 Å². The summed E-state index contributed by atoms with van der Waals surface area (Å²) >= 11 is 0. The Morgan fingerprint density at radius 2 is 1.82 bits per heavy atom. The molecule has 112 valence electrons. The van der Waals surface area contributed by atoms with E-state index in [0.717, 1.165) is 18.4 Å². The molecule has 22 heavy (non-hydrogen) atoms. The molecule has 5 heteroatoms. The minimum Gasteiger partial charge on any atom is -0.207 e. The maximum atomic E-state index is 12.9. The van der Waals surface area contributed by atoms with E-state index in [1.807, 2.05) is 36.4 Å². The molecular formula is C17H16N2O2S. The van der Waals surface area contributed by atoms with Crippen molar-refractivity contribution in [2.45, 2.75) is 30.3 Å². The van der Waals surface area contributed by atoms with Gasteiger partial charge >= 0.3 is 0 Å². The van der Waals surface area contributed by atoms with Gasteiger partial charge in [-0.25, -0.2) is 8.42 Å². The second-order valence-electron chi connectivity index (χ2n) is 5.41. The number of sulfonamides is 1. The summed E-state index contributed by atoms with van der Waals surface area (Å²) in [6, 6.07) is 17.8. The average Bonchev–Trinajstić information content (AvgIpc) is 3.38. The molecule has 0 heterocycles. The minimum atomic E-state index is -3.59. The summed E-state index contributed by atoms with van der Waals surface area (Å²) < 4.78 is 27.4. The van der Waals surface area contributed by atoms with Gasteiger partial charge in [0.25, 0.3) is 0 Å². The fourth-order valence-corrected chi connectivity index (χ4v) is 4.12. The van der Waals surface area contributed by atoms with Crippen LogP contribution in [0.4, 0.5) is 0 Å². The molecule has 0 unspecified atom stereocenters. The minimum absolute atomic E-state index is 0.0657. The Bertz CT molecular complexity index is 806. The molecule has 1 saturated carbocycles. The first-order valence-electron chi connectivity index (χ1n) is 7.17. The van der Waals surface area contributed by atoms with Crippen LogP contribution in [0.15, 0.2) is 59.5 Å². The lowest BCUT2D eigenvalue weighted by Crippen LogP contribution is -2.32. The first-order chi connectivity index (χ1) is 10.6. The van der Waals surface area contributed by atoms with Crippen molar-refractivity contribution >= 4 is 10.0 Å². The van der Waals surface area contributed by atoms with Crippen molar-refractivity contribution in [3.8, 4) is 6.07 Å². The van der Waals surface area contributed by atoms with Gasteiger partial charge < -0.3 is 0 Å². The molecule has 0 aromatic heterocycles. The van der Waals surface area contributed by atoms with Gasteiger partial charge in [-0.15, -0.1) is 0 Å². The third-order valence-corrected chi connectivity index (χ3v) is 5.60. The maximum Gasteiger partial charge on any atom is 0.243 e. The molecule has 0 radical (unpaired) electrons. The smallest absolute Gasteiger partial charge is 0.207 e. The molecule has 1 aliphatic carbocycles. The van der Waals surface area contributed by atoms with E-state index in [2.05, 4.69) is 0 Å². The van der Waals surface area contributed by atoms with Crippen molar-refractivity contribution in [1.82, 2.24) is 4.31 Å². The van der Waals surface area contributed by atoms with E-state index < -0.39 is 10.0 Å². The molecule has 2 aromatic carbocycles. The van der Waals surface area contributed by atoms with Gasteiger partial charge in [0.15, 0.2) is 0 Å². The van der Waals surface area contributed by atoms with Crippen molar-refractivity contribution in [3.05, 3.63) is 65.7 Å². The van der Waals surface area contributed by atoms with Gasteiger partial charge in [0.05, 0.1) is 16.5 Å². The molecule has 0 saturated heterocycles. The predicted octanol–water partition coefficient (Wildman–Crippen LogP) is 2.91. The standard InChI is InChI=1S/C17H16N2O2S/c18-12-15-7-4-8-17(11-15)22(20,21)19(16-9-10-16)13-14-5-2-1-3-6-14/h1-8,11,16H,9-10,13H2. The van der Waals surface area contributed by atoms with Crippen molar-refractivity contribution in [2.24, 2.45) is 0 Å². The van der Waals surface area contributed by atoms with Gasteiger partial charge in [0.2, 0.25) is 10.0 Å².